The van der Waals surface area contributed by atoms with Crippen LogP contribution in [0.4, 0.5) is 10.6 Å². The molecular weight excluding hydrogens is 488 g/mol. The molecule has 1 saturated heterocycles. The predicted octanol–water partition coefficient (Wildman–Crippen LogP) is 4.00. The number of amides is 2. The Bertz CT molecular complexity index is 1730. The number of piperazine rings is 1. The molecule has 1 aliphatic heterocycles. The van der Waals surface area contributed by atoms with Gasteiger partial charge in [0.25, 0.3) is 0 Å². The molecule has 9 heteroatoms. The molecule has 0 unspecified atom stereocenters. The van der Waals surface area contributed by atoms with Crippen LogP contribution in [-0.2, 0) is 5.41 Å². The molecule has 9 nitrogen and oxygen atoms in total. The van der Waals surface area contributed by atoms with Crippen LogP contribution in [0.1, 0.15) is 11.3 Å². The van der Waals surface area contributed by atoms with E-state index in [2.05, 4.69) is 72.9 Å². The van der Waals surface area contributed by atoms with Crippen molar-refractivity contribution in [2.75, 3.05) is 45.2 Å². The number of pyridine rings is 2. The van der Waals surface area contributed by atoms with Crippen molar-refractivity contribution in [3.63, 3.8) is 0 Å². The number of aromatic nitrogens is 5. The number of urea groups is 1. The standard InChI is InChI=1S/C30H28N8O/c1-35(2)29(39)37-14-12-36(13-15-37)27-8-5-22(17-32-27)23-18-33-28-34-19-26(38(28)20-23)30(9-10-30)24-6-7-25-21(16-24)4-3-11-31-25/h3-11,16-20H,12-15H2,1-2H3. The number of carbonyl (C=O) groups is 1. The Labute approximate surface area is 226 Å². The summed E-state index contributed by atoms with van der Waals surface area (Å²) >= 11 is 0. The molecule has 194 valence electrons. The van der Waals surface area contributed by atoms with Gasteiger partial charge in [0, 0.05) is 81.6 Å². The van der Waals surface area contributed by atoms with Crippen LogP contribution in [0.3, 0.4) is 0 Å². The highest BCUT2D eigenvalue weighted by Crippen LogP contribution is 2.45. The monoisotopic (exact) mass is 516 g/mol. The van der Waals surface area contributed by atoms with Crippen molar-refractivity contribution in [1.29, 1.82) is 0 Å². The molecular formula is C30H28N8O. The molecule has 1 fully saturated rings. The van der Waals surface area contributed by atoms with Crippen LogP contribution in [0.2, 0.25) is 0 Å². The van der Waals surface area contributed by atoms with Gasteiger partial charge in [-0.05, 0) is 35.9 Å². The molecule has 7 rings (SSSR count). The molecule has 0 saturated carbocycles. The minimum absolute atomic E-state index is 0.0560. The lowest BCUT2D eigenvalue weighted by Gasteiger charge is -2.36. The normalized spacial score (nSPS) is 16.2. The summed E-state index contributed by atoms with van der Waals surface area (Å²) in [5.74, 6) is 1.58. The quantitative estimate of drug-likeness (QED) is 0.336. The Morgan fingerprint density at radius 1 is 0.872 bits per heavy atom. The van der Waals surface area contributed by atoms with Crippen molar-refractivity contribution >= 4 is 28.5 Å². The lowest BCUT2D eigenvalue weighted by molar-refractivity contribution is 0.168. The van der Waals surface area contributed by atoms with Gasteiger partial charge in [0.1, 0.15) is 5.82 Å². The third kappa shape index (κ3) is 3.98. The van der Waals surface area contributed by atoms with Gasteiger partial charge in [-0.1, -0.05) is 24.3 Å². The molecule has 5 heterocycles. The number of hydrogen-bond donors (Lipinski definition) is 0. The predicted molar refractivity (Wildman–Crippen MR) is 151 cm³/mol. The molecule has 0 N–H and O–H groups in total. The first-order chi connectivity index (χ1) is 19.0. The number of allylic oxidation sites excluding steroid dienone is 2. The van der Waals surface area contributed by atoms with E-state index in [-0.39, 0.29) is 11.4 Å². The smallest absolute Gasteiger partial charge is 0.319 e. The number of fused-ring (bicyclic) bond motifs is 2. The fourth-order valence-electron chi connectivity index (χ4n) is 5.41. The Balaban J connectivity index is 1.15. The van der Waals surface area contributed by atoms with Crippen LogP contribution in [0.5, 0.6) is 0 Å². The third-order valence-corrected chi connectivity index (χ3v) is 7.71. The fourth-order valence-corrected chi connectivity index (χ4v) is 5.41. The first-order valence-electron chi connectivity index (χ1n) is 13.1. The first-order valence-corrected chi connectivity index (χ1v) is 13.1. The summed E-state index contributed by atoms with van der Waals surface area (Å²) in [5.41, 5.74) is 4.89. The second-order valence-electron chi connectivity index (χ2n) is 10.3. The topological polar surface area (TPSA) is 82.8 Å². The Morgan fingerprint density at radius 2 is 1.67 bits per heavy atom. The van der Waals surface area contributed by atoms with Crippen molar-refractivity contribution in [3.8, 4) is 11.1 Å². The number of imidazole rings is 1. The first kappa shape index (κ1) is 23.3. The van der Waals surface area contributed by atoms with Crippen LogP contribution in [0.25, 0.3) is 27.8 Å². The zero-order valence-electron chi connectivity index (χ0n) is 21.9. The van der Waals surface area contributed by atoms with Crippen LogP contribution in [0, 0.1) is 0 Å². The van der Waals surface area contributed by atoms with Crippen molar-refractivity contribution in [2.24, 2.45) is 0 Å². The van der Waals surface area contributed by atoms with Gasteiger partial charge in [-0.2, -0.15) is 0 Å². The van der Waals surface area contributed by atoms with E-state index in [4.69, 9.17) is 4.98 Å². The maximum absolute atomic E-state index is 12.2. The summed E-state index contributed by atoms with van der Waals surface area (Å²) in [7, 11) is 3.58. The fraction of sp³-hybridized carbons (Fsp3) is 0.233. The lowest BCUT2D eigenvalue weighted by Crippen LogP contribution is -2.51. The SMILES string of the molecule is CN(C)C(=O)N1CCN(c2ccc(-c3cnc4ncc(C5(c6ccc7ncccc7c6)C=C5)n4c3)cn2)CC1. The highest BCUT2D eigenvalue weighted by molar-refractivity contribution is 5.80. The minimum atomic E-state index is -0.304. The van der Waals surface area contributed by atoms with Gasteiger partial charge in [-0.25, -0.2) is 19.7 Å². The van der Waals surface area contributed by atoms with Gasteiger partial charge >= 0.3 is 6.03 Å². The molecule has 4 aromatic heterocycles. The minimum Gasteiger partial charge on any atom is -0.353 e. The molecule has 5 aromatic rings. The molecule has 0 spiro atoms. The van der Waals surface area contributed by atoms with Gasteiger partial charge in [0.15, 0.2) is 0 Å². The van der Waals surface area contributed by atoms with E-state index in [9.17, 15) is 4.79 Å². The summed E-state index contributed by atoms with van der Waals surface area (Å²) in [6.07, 6.45) is 14.0. The van der Waals surface area contributed by atoms with E-state index in [1.165, 1.54) is 5.56 Å². The molecule has 1 aliphatic carbocycles. The number of carbonyl (C=O) groups excluding carboxylic acids is 1. The Hall–Kier alpha value is -4.79. The van der Waals surface area contributed by atoms with Crippen molar-refractivity contribution in [2.45, 2.75) is 5.41 Å². The van der Waals surface area contributed by atoms with Gasteiger partial charge in [0.05, 0.1) is 22.8 Å². The summed E-state index contributed by atoms with van der Waals surface area (Å²) < 4.78 is 2.08. The number of rotatable bonds is 4. The number of benzene rings is 1. The zero-order valence-corrected chi connectivity index (χ0v) is 21.9. The largest absolute Gasteiger partial charge is 0.353 e. The average molecular weight is 517 g/mol. The van der Waals surface area contributed by atoms with E-state index in [1.54, 1.807) is 19.0 Å². The van der Waals surface area contributed by atoms with E-state index in [1.807, 2.05) is 41.8 Å². The lowest BCUT2D eigenvalue weighted by atomic mass is 9.89. The highest BCUT2D eigenvalue weighted by atomic mass is 16.2. The maximum atomic E-state index is 12.2. The van der Waals surface area contributed by atoms with E-state index in [0.717, 1.165) is 46.6 Å². The van der Waals surface area contributed by atoms with Crippen LogP contribution >= 0.6 is 0 Å². The van der Waals surface area contributed by atoms with Gasteiger partial charge < -0.3 is 14.7 Å². The second-order valence-corrected chi connectivity index (χ2v) is 10.3. The number of hydrogen-bond acceptors (Lipinski definition) is 6. The zero-order chi connectivity index (χ0) is 26.6. The summed E-state index contributed by atoms with van der Waals surface area (Å²) in [5, 5.41) is 1.12. The van der Waals surface area contributed by atoms with E-state index >= 15 is 0 Å². The molecule has 1 aromatic carbocycles. The highest BCUT2D eigenvalue weighted by Gasteiger charge is 2.41. The van der Waals surface area contributed by atoms with Crippen LogP contribution < -0.4 is 4.90 Å². The Kier molecular flexibility index (Phi) is 5.33. The molecule has 0 bridgehead atoms. The van der Waals surface area contributed by atoms with E-state index in [0.29, 0.717) is 18.9 Å². The number of nitrogens with zero attached hydrogens (tertiary/aromatic N) is 8. The summed E-state index contributed by atoms with van der Waals surface area (Å²) in [4.78, 5) is 36.4. The molecule has 0 atom stereocenters. The Morgan fingerprint density at radius 3 is 2.41 bits per heavy atom. The average Bonchev–Trinajstić information content (AvgIpc) is 3.68. The van der Waals surface area contributed by atoms with Crippen molar-refractivity contribution in [1.82, 2.24) is 34.1 Å². The summed E-state index contributed by atoms with van der Waals surface area (Å²) in [6.45, 7) is 2.90. The second kappa shape index (κ2) is 8.90. The molecule has 0 radical (unpaired) electrons. The van der Waals surface area contributed by atoms with Crippen LogP contribution in [-0.4, -0.2) is 80.4 Å². The molecule has 2 amide bonds. The molecule has 39 heavy (non-hydrogen) atoms. The molecule has 2 aliphatic rings. The summed E-state index contributed by atoms with van der Waals surface area (Å²) in [6, 6.07) is 14.7. The number of anilines is 1. The van der Waals surface area contributed by atoms with E-state index < -0.39 is 0 Å². The van der Waals surface area contributed by atoms with Gasteiger partial charge in [-0.15, -0.1) is 0 Å². The maximum Gasteiger partial charge on any atom is 0.319 e. The van der Waals surface area contributed by atoms with Gasteiger partial charge in [0.2, 0.25) is 5.78 Å². The van der Waals surface area contributed by atoms with Crippen LogP contribution in [0.15, 0.2) is 85.6 Å². The van der Waals surface area contributed by atoms with Crippen molar-refractivity contribution < 1.29 is 4.79 Å². The van der Waals surface area contributed by atoms with Gasteiger partial charge in [-0.3, -0.25) is 9.38 Å². The van der Waals surface area contributed by atoms with Crippen molar-refractivity contribution in [3.05, 3.63) is 96.9 Å². The third-order valence-electron chi connectivity index (χ3n) is 7.71.